The lowest BCUT2D eigenvalue weighted by Crippen LogP contribution is -2.25. The fourth-order valence-corrected chi connectivity index (χ4v) is 2.79. The van der Waals surface area contributed by atoms with Crippen molar-refractivity contribution in [1.29, 1.82) is 5.26 Å². The monoisotopic (exact) mass is 294 g/mol. The van der Waals surface area contributed by atoms with E-state index in [9.17, 15) is 12.8 Å². The summed E-state index contributed by atoms with van der Waals surface area (Å²) in [6, 6.07) is 5.02. The minimum absolute atomic E-state index is 0.0484. The van der Waals surface area contributed by atoms with E-state index < -0.39 is 21.4 Å². The molecule has 1 aromatic heterocycles. The molecule has 0 unspecified atom stereocenters. The summed E-state index contributed by atoms with van der Waals surface area (Å²) in [5, 5.41) is 8.86. The van der Waals surface area contributed by atoms with Gasteiger partial charge in [-0.25, -0.2) is 22.5 Å². The minimum Gasteiger partial charge on any atom is -0.337 e. The molecule has 6 nitrogen and oxygen atoms in total. The van der Waals surface area contributed by atoms with Gasteiger partial charge in [0.1, 0.15) is 28.2 Å². The molecule has 1 heterocycles. The summed E-state index contributed by atoms with van der Waals surface area (Å²) < 4.78 is 41.6. The van der Waals surface area contributed by atoms with Crippen LogP contribution in [0.5, 0.6) is 0 Å². The Bertz CT molecular complexity index is 777. The van der Waals surface area contributed by atoms with Gasteiger partial charge in [-0.3, -0.25) is 0 Å². The number of sulfonamides is 1. The molecule has 0 aliphatic heterocycles. The maximum Gasteiger partial charge on any atom is 0.242 e. The second-order valence-electron chi connectivity index (χ2n) is 4.00. The number of halogens is 1. The number of aryl methyl sites for hydroxylation is 1. The first-order valence-corrected chi connectivity index (χ1v) is 7.08. The Labute approximate surface area is 115 Å². The van der Waals surface area contributed by atoms with Crippen molar-refractivity contribution in [3.63, 3.8) is 0 Å². The van der Waals surface area contributed by atoms with E-state index in [4.69, 9.17) is 5.26 Å². The van der Waals surface area contributed by atoms with Gasteiger partial charge in [0, 0.05) is 19.4 Å². The topological polar surface area (TPSA) is 87.8 Å². The van der Waals surface area contributed by atoms with Gasteiger partial charge in [-0.1, -0.05) is 6.07 Å². The van der Waals surface area contributed by atoms with Crippen LogP contribution in [0.15, 0.2) is 35.5 Å². The number of benzene rings is 1. The first kappa shape index (κ1) is 14.2. The number of hydrogen-bond acceptors (Lipinski definition) is 4. The normalized spacial score (nSPS) is 11.2. The predicted octanol–water partition coefficient (Wildman–Crippen LogP) is 0.909. The highest BCUT2D eigenvalue weighted by molar-refractivity contribution is 7.89. The van der Waals surface area contributed by atoms with Gasteiger partial charge in [0.15, 0.2) is 0 Å². The molecule has 2 rings (SSSR count). The van der Waals surface area contributed by atoms with Crippen LogP contribution in [0.3, 0.4) is 0 Å². The van der Waals surface area contributed by atoms with Crippen LogP contribution in [0.25, 0.3) is 0 Å². The second kappa shape index (κ2) is 5.40. The smallest absolute Gasteiger partial charge is 0.242 e. The Hall–Kier alpha value is -2.24. The fourth-order valence-electron chi connectivity index (χ4n) is 1.64. The summed E-state index contributed by atoms with van der Waals surface area (Å²) in [6.07, 6.45) is 3.21. The summed E-state index contributed by atoms with van der Waals surface area (Å²) in [7, 11) is -2.26. The molecule has 1 N–H and O–H groups in total. The Morgan fingerprint density at radius 2 is 2.25 bits per heavy atom. The fraction of sp³-hybridized carbons (Fsp3) is 0.167. The van der Waals surface area contributed by atoms with Gasteiger partial charge < -0.3 is 4.57 Å². The second-order valence-corrected chi connectivity index (χ2v) is 5.74. The Balaban J connectivity index is 2.30. The maximum atomic E-state index is 13.4. The summed E-state index contributed by atoms with van der Waals surface area (Å²) in [4.78, 5) is 3.59. The molecule has 0 bridgehead atoms. The molecule has 0 amide bonds. The molecule has 2 aromatic rings. The number of imidazole rings is 1. The SMILES string of the molecule is Cn1ccnc1CNS(=O)(=O)c1cccc(F)c1C#N. The number of hydrogen-bond donors (Lipinski definition) is 1. The zero-order valence-corrected chi connectivity index (χ0v) is 11.4. The highest BCUT2D eigenvalue weighted by Gasteiger charge is 2.21. The first-order chi connectivity index (χ1) is 9.45. The third-order valence-corrected chi connectivity index (χ3v) is 4.16. The lowest BCUT2D eigenvalue weighted by molar-refractivity contribution is 0.573. The van der Waals surface area contributed by atoms with Crippen LogP contribution < -0.4 is 4.72 Å². The molecular weight excluding hydrogens is 283 g/mol. The molecule has 0 atom stereocenters. The van der Waals surface area contributed by atoms with Crippen molar-refractivity contribution in [2.24, 2.45) is 7.05 Å². The molecule has 20 heavy (non-hydrogen) atoms. The summed E-state index contributed by atoms with van der Waals surface area (Å²) >= 11 is 0. The zero-order valence-electron chi connectivity index (χ0n) is 10.5. The molecule has 0 aliphatic carbocycles. The van der Waals surface area contributed by atoms with Crippen LogP contribution >= 0.6 is 0 Å². The molecule has 0 aliphatic rings. The average Bonchev–Trinajstić information content (AvgIpc) is 2.82. The summed E-state index contributed by atoms with van der Waals surface area (Å²) in [5.74, 6) is -0.365. The molecule has 0 saturated carbocycles. The van der Waals surface area contributed by atoms with Crippen molar-refractivity contribution in [2.75, 3.05) is 0 Å². The van der Waals surface area contributed by atoms with Crippen molar-refractivity contribution >= 4 is 10.0 Å². The van der Waals surface area contributed by atoms with E-state index >= 15 is 0 Å². The number of aromatic nitrogens is 2. The van der Waals surface area contributed by atoms with Crippen molar-refractivity contribution in [1.82, 2.24) is 14.3 Å². The van der Waals surface area contributed by atoms with Gasteiger partial charge in [-0.15, -0.1) is 0 Å². The van der Waals surface area contributed by atoms with Crippen LogP contribution in [0, 0.1) is 17.1 Å². The van der Waals surface area contributed by atoms with Gasteiger partial charge in [-0.2, -0.15) is 5.26 Å². The lowest BCUT2D eigenvalue weighted by atomic mass is 10.2. The van der Waals surface area contributed by atoms with E-state index in [2.05, 4.69) is 9.71 Å². The molecule has 0 saturated heterocycles. The standard InChI is InChI=1S/C12H11FN4O2S/c1-17-6-5-15-12(17)8-16-20(18,19)11-4-2-3-10(13)9(11)7-14/h2-6,16H,8H2,1H3. The largest absolute Gasteiger partial charge is 0.337 e. The molecule has 104 valence electrons. The van der Waals surface area contributed by atoms with Gasteiger partial charge in [-0.05, 0) is 12.1 Å². The Morgan fingerprint density at radius 3 is 2.85 bits per heavy atom. The number of nitrogens with one attached hydrogen (secondary N) is 1. The highest BCUT2D eigenvalue weighted by atomic mass is 32.2. The molecule has 0 spiro atoms. The highest BCUT2D eigenvalue weighted by Crippen LogP contribution is 2.17. The van der Waals surface area contributed by atoms with Crippen LogP contribution in [0.4, 0.5) is 4.39 Å². The van der Waals surface area contributed by atoms with Crippen LogP contribution in [0.1, 0.15) is 11.4 Å². The number of nitrogens with zero attached hydrogens (tertiary/aromatic N) is 3. The first-order valence-electron chi connectivity index (χ1n) is 5.60. The lowest BCUT2D eigenvalue weighted by Gasteiger charge is -2.08. The van der Waals surface area contributed by atoms with Crippen molar-refractivity contribution in [2.45, 2.75) is 11.4 Å². The Kier molecular flexibility index (Phi) is 3.83. The predicted molar refractivity (Wildman–Crippen MR) is 68.3 cm³/mol. The van der Waals surface area contributed by atoms with Crippen molar-refractivity contribution in [3.8, 4) is 6.07 Å². The molecule has 0 fully saturated rings. The van der Waals surface area contributed by atoms with Gasteiger partial charge >= 0.3 is 0 Å². The van der Waals surface area contributed by atoms with Crippen molar-refractivity contribution in [3.05, 3.63) is 47.8 Å². The maximum absolute atomic E-state index is 13.4. The van der Waals surface area contributed by atoms with E-state index in [1.54, 1.807) is 23.9 Å². The van der Waals surface area contributed by atoms with Gasteiger partial charge in [0.05, 0.1) is 6.54 Å². The van der Waals surface area contributed by atoms with E-state index in [1.165, 1.54) is 18.3 Å². The third-order valence-electron chi connectivity index (χ3n) is 2.72. The molecular formula is C12H11FN4O2S. The molecule has 8 heteroatoms. The van der Waals surface area contributed by atoms with E-state index in [1.807, 2.05) is 0 Å². The Morgan fingerprint density at radius 1 is 1.50 bits per heavy atom. The number of nitriles is 1. The zero-order chi connectivity index (χ0) is 14.8. The van der Waals surface area contributed by atoms with Gasteiger partial charge in [0.25, 0.3) is 0 Å². The van der Waals surface area contributed by atoms with Crippen molar-refractivity contribution < 1.29 is 12.8 Å². The summed E-state index contributed by atoms with van der Waals surface area (Å²) in [5.41, 5.74) is -0.500. The summed E-state index contributed by atoms with van der Waals surface area (Å²) in [6.45, 7) is -0.0484. The van der Waals surface area contributed by atoms with E-state index in [0.29, 0.717) is 5.82 Å². The molecule has 1 aromatic carbocycles. The average molecular weight is 294 g/mol. The molecule has 0 radical (unpaired) electrons. The minimum atomic E-state index is -3.98. The quantitative estimate of drug-likeness (QED) is 0.908. The number of rotatable bonds is 4. The van der Waals surface area contributed by atoms with Gasteiger partial charge in [0.2, 0.25) is 10.0 Å². The van der Waals surface area contributed by atoms with Crippen LogP contribution in [-0.4, -0.2) is 18.0 Å². The van der Waals surface area contributed by atoms with Crippen LogP contribution in [-0.2, 0) is 23.6 Å². The third kappa shape index (κ3) is 2.68. The van der Waals surface area contributed by atoms with E-state index in [-0.39, 0.29) is 11.4 Å². The van der Waals surface area contributed by atoms with Crippen LogP contribution in [0.2, 0.25) is 0 Å². The van der Waals surface area contributed by atoms with E-state index in [0.717, 1.165) is 6.07 Å².